The fraction of sp³-hybridized carbons (Fsp3) is 0.467. The molecule has 1 saturated heterocycles. The summed E-state index contributed by atoms with van der Waals surface area (Å²) in [4.78, 5) is 24.0. The molecule has 6 nitrogen and oxygen atoms in total. The molecule has 2 rings (SSSR count). The summed E-state index contributed by atoms with van der Waals surface area (Å²) in [5.41, 5.74) is 0.317. The molecule has 1 atom stereocenters. The van der Waals surface area contributed by atoms with Crippen molar-refractivity contribution in [1.82, 2.24) is 5.32 Å². The fourth-order valence-electron chi connectivity index (χ4n) is 2.25. The van der Waals surface area contributed by atoms with Gasteiger partial charge < -0.3 is 5.32 Å². The lowest BCUT2D eigenvalue weighted by Gasteiger charge is -2.21. The molecule has 0 saturated carbocycles. The number of rotatable bonds is 2. The van der Waals surface area contributed by atoms with Crippen LogP contribution in [0.25, 0.3) is 0 Å². The van der Waals surface area contributed by atoms with E-state index >= 15 is 0 Å². The zero-order chi connectivity index (χ0) is 16.7. The van der Waals surface area contributed by atoms with E-state index in [1.54, 1.807) is 6.92 Å². The molecule has 1 N–H and O–H groups in total. The van der Waals surface area contributed by atoms with Crippen LogP contribution in [0.5, 0.6) is 0 Å². The second-order valence-corrected chi connectivity index (χ2v) is 8.40. The van der Waals surface area contributed by atoms with Gasteiger partial charge in [0.25, 0.3) is 5.91 Å². The van der Waals surface area contributed by atoms with Gasteiger partial charge in [-0.25, -0.2) is 12.7 Å². The molecular formula is C15H20N2O4S. The number of hydrogen-bond acceptors (Lipinski definition) is 4. The number of benzene rings is 1. The predicted molar refractivity (Wildman–Crippen MR) is 84.1 cm³/mol. The van der Waals surface area contributed by atoms with E-state index in [0.717, 1.165) is 4.31 Å². The molecule has 2 amide bonds. The Morgan fingerprint density at radius 3 is 2.18 bits per heavy atom. The largest absolute Gasteiger partial charge is 0.347 e. The maximum atomic E-state index is 12.0. The number of amides is 2. The highest BCUT2D eigenvalue weighted by Crippen LogP contribution is 2.28. The van der Waals surface area contributed by atoms with Crippen molar-refractivity contribution in [2.75, 3.05) is 10.1 Å². The van der Waals surface area contributed by atoms with E-state index in [-0.39, 0.29) is 22.9 Å². The van der Waals surface area contributed by atoms with Gasteiger partial charge >= 0.3 is 0 Å². The molecule has 0 bridgehead atoms. The lowest BCUT2D eigenvalue weighted by molar-refractivity contribution is -0.119. The van der Waals surface area contributed by atoms with Crippen LogP contribution in [0.1, 0.15) is 38.1 Å². The first-order valence-corrected chi connectivity index (χ1v) is 8.61. The lowest BCUT2D eigenvalue weighted by atomic mass is 10.1. The molecule has 1 aliphatic heterocycles. The third-order valence-electron chi connectivity index (χ3n) is 3.21. The summed E-state index contributed by atoms with van der Waals surface area (Å²) in [6, 6.07) is 5.99. The second-order valence-electron chi connectivity index (χ2n) is 6.53. The van der Waals surface area contributed by atoms with Crippen LogP contribution in [0.3, 0.4) is 0 Å². The first kappa shape index (κ1) is 16.5. The maximum Gasteiger partial charge on any atom is 0.251 e. The molecule has 1 aromatic rings. The van der Waals surface area contributed by atoms with Crippen molar-refractivity contribution in [3.05, 3.63) is 29.8 Å². The maximum absolute atomic E-state index is 12.0. The number of hydrogen-bond donors (Lipinski definition) is 1. The van der Waals surface area contributed by atoms with Gasteiger partial charge in [0.2, 0.25) is 15.9 Å². The Balaban J connectivity index is 2.26. The molecule has 1 heterocycles. The van der Waals surface area contributed by atoms with Gasteiger partial charge in [-0.3, -0.25) is 9.59 Å². The van der Waals surface area contributed by atoms with Crippen LogP contribution in [0, 0.1) is 5.92 Å². The minimum Gasteiger partial charge on any atom is -0.347 e. The topological polar surface area (TPSA) is 83.6 Å². The van der Waals surface area contributed by atoms with Crippen molar-refractivity contribution in [1.29, 1.82) is 0 Å². The molecular weight excluding hydrogens is 304 g/mol. The van der Waals surface area contributed by atoms with Crippen LogP contribution >= 0.6 is 0 Å². The Labute approximate surface area is 130 Å². The Hall–Kier alpha value is -1.89. The van der Waals surface area contributed by atoms with Crippen LogP contribution in [0.4, 0.5) is 5.69 Å². The average Bonchev–Trinajstić information content (AvgIpc) is 2.56. The minimum atomic E-state index is -3.62. The molecule has 1 fully saturated rings. The molecule has 0 radical (unpaired) electrons. The van der Waals surface area contributed by atoms with Gasteiger partial charge in [0.15, 0.2) is 0 Å². The van der Waals surface area contributed by atoms with Gasteiger partial charge in [0.05, 0.1) is 17.4 Å². The first-order valence-electron chi connectivity index (χ1n) is 7.01. The summed E-state index contributed by atoms with van der Waals surface area (Å²) < 4.78 is 24.9. The number of sulfonamides is 1. The summed E-state index contributed by atoms with van der Waals surface area (Å²) in [6.07, 6.45) is 0. The molecule has 0 spiro atoms. The van der Waals surface area contributed by atoms with Crippen LogP contribution in [0.15, 0.2) is 24.3 Å². The molecule has 22 heavy (non-hydrogen) atoms. The highest BCUT2D eigenvalue weighted by atomic mass is 32.2. The number of carbonyl (C=O) groups excluding carboxylic acids is 2. The molecule has 1 aliphatic rings. The molecule has 0 unspecified atom stereocenters. The lowest BCUT2D eigenvalue weighted by Crippen LogP contribution is -2.40. The molecule has 0 aliphatic carbocycles. The molecule has 1 aromatic carbocycles. The van der Waals surface area contributed by atoms with Crippen molar-refractivity contribution in [2.24, 2.45) is 5.92 Å². The Morgan fingerprint density at radius 2 is 1.77 bits per heavy atom. The van der Waals surface area contributed by atoms with Crippen LogP contribution < -0.4 is 9.62 Å². The second kappa shape index (κ2) is 5.39. The normalized spacial score (nSPS) is 21.0. The zero-order valence-corrected chi connectivity index (χ0v) is 13.9. The van der Waals surface area contributed by atoms with Crippen LogP contribution in [-0.4, -0.2) is 31.5 Å². The zero-order valence-electron chi connectivity index (χ0n) is 13.1. The molecule has 120 valence electrons. The van der Waals surface area contributed by atoms with E-state index in [4.69, 9.17) is 0 Å². The van der Waals surface area contributed by atoms with Crippen molar-refractivity contribution in [2.45, 2.75) is 33.2 Å². The van der Waals surface area contributed by atoms with E-state index < -0.39 is 21.8 Å². The van der Waals surface area contributed by atoms with Gasteiger partial charge in [-0.15, -0.1) is 0 Å². The summed E-state index contributed by atoms with van der Waals surface area (Å²) in [6.45, 7) is 7.20. The summed E-state index contributed by atoms with van der Waals surface area (Å²) in [7, 11) is -3.62. The first-order chi connectivity index (χ1) is 10.0. The SMILES string of the molecule is C[C@H]1CS(=O)(=O)N(c2ccc(C(=O)NC(C)(C)C)cc2)C1=O. The molecule has 7 heteroatoms. The van der Waals surface area contributed by atoms with Crippen molar-refractivity contribution in [3.63, 3.8) is 0 Å². The van der Waals surface area contributed by atoms with Crippen molar-refractivity contribution < 1.29 is 18.0 Å². The van der Waals surface area contributed by atoms with Gasteiger partial charge in [0, 0.05) is 11.1 Å². The standard InChI is InChI=1S/C15H20N2O4S/c1-10-9-22(20,21)17(14(10)19)12-7-5-11(6-8-12)13(18)16-15(2,3)4/h5-8,10H,9H2,1-4H3,(H,16,18)/t10-/m0/s1. The summed E-state index contributed by atoms with van der Waals surface area (Å²) in [5.74, 6) is -1.42. The summed E-state index contributed by atoms with van der Waals surface area (Å²) >= 11 is 0. The van der Waals surface area contributed by atoms with E-state index in [0.29, 0.717) is 5.56 Å². The number of anilines is 1. The fourth-order valence-corrected chi connectivity index (χ4v) is 4.07. The van der Waals surface area contributed by atoms with Gasteiger partial charge in [-0.2, -0.15) is 0 Å². The third kappa shape index (κ3) is 3.30. The average molecular weight is 324 g/mol. The number of nitrogens with zero attached hydrogens (tertiary/aromatic N) is 1. The number of nitrogens with one attached hydrogen (secondary N) is 1. The van der Waals surface area contributed by atoms with E-state index in [2.05, 4.69) is 5.32 Å². The quantitative estimate of drug-likeness (QED) is 0.894. The molecule has 0 aromatic heterocycles. The monoisotopic (exact) mass is 324 g/mol. The van der Waals surface area contributed by atoms with Gasteiger partial charge in [0.1, 0.15) is 0 Å². The third-order valence-corrected chi connectivity index (χ3v) is 5.08. The Kier molecular flexibility index (Phi) is 4.04. The van der Waals surface area contributed by atoms with Crippen molar-refractivity contribution >= 4 is 27.5 Å². The van der Waals surface area contributed by atoms with Crippen LogP contribution in [0.2, 0.25) is 0 Å². The predicted octanol–water partition coefficient (Wildman–Crippen LogP) is 1.53. The number of carbonyl (C=O) groups is 2. The smallest absolute Gasteiger partial charge is 0.251 e. The Morgan fingerprint density at radius 1 is 1.23 bits per heavy atom. The van der Waals surface area contributed by atoms with Gasteiger partial charge in [-0.05, 0) is 45.0 Å². The van der Waals surface area contributed by atoms with Crippen LogP contribution in [-0.2, 0) is 14.8 Å². The highest BCUT2D eigenvalue weighted by molar-refractivity contribution is 7.94. The highest BCUT2D eigenvalue weighted by Gasteiger charge is 2.41. The van der Waals surface area contributed by atoms with E-state index in [9.17, 15) is 18.0 Å². The van der Waals surface area contributed by atoms with E-state index in [1.807, 2.05) is 20.8 Å². The van der Waals surface area contributed by atoms with Crippen molar-refractivity contribution in [3.8, 4) is 0 Å². The Bertz CT molecular complexity index is 702. The van der Waals surface area contributed by atoms with E-state index in [1.165, 1.54) is 24.3 Å². The van der Waals surface area contributed by atoms with Gasteiger partial charge in [-0.1, -0.05) is 6.92 Å². The summed E-state index contributed by atoms with van der Waals surface area (Å²) in [5, 5.41) is 2.82. The minimum absolute atomic E-state index is 0.182.